The molecule has 0 radical (unpaired) electrons. The van der Waals surface area contributed by atoms with E-state index in [2.05, 4.69) is 15.5 Å². The van der Waals surface area contributed by atoms with Gasteiger partial charge in [-0.25, -0.2) is 9.78 Å². The number of nitrogens with one attached hydrogen (secondary N) is 1. The molecular weight excluding hydrogens is 314 g/mol. The van der Waals surface area contributed by atoms with Crippen LogP contribution in [-0.2, 0) is 4.79 Å². The van der Waals surface area contributed by atoms with Crippen LogP contribution in [0.4, 0.5) is 5.13 Å². The van der Waals surface area contributed by atoms with Crippen LogP contribution in [0.15, 0.2) is 53.6 Å². The highest BCUT2D eigenvalue weighted by molar-refractivity contribution is 7.22. The number of carboxylic acids is 1. The molecule has 0 bridgehead atoms. The van der Waals surface area contributed by atoms with E-state index < -0.39 is 5.97 Å². The lowest BCUT2D eigenvalue weighted by molar-refractivity contribution is -0.139. The van der Waals surface area contributed by atoms with Crippen LogP contribution in [0.2, 0.25) is 0 Å². The molecule has 0 aliphatic carbocycles. The lowest BCUT2D eigenvalue weighted by Crippen LogP contribution is -2.09. The highest BCUT2D eigenvalue weighted by Gasteiger charge is 2.01. The second-order valence-corrected chi connectivity index (χ2v) is 5.64. The number of benzene rings is 2. The molecule has 116 valence electrons. The minimum Gasteiger partial charge on any atom is -0.482 e. The van der Waals surface area contributed by atoms with Crippen molar-refractivity contribution in [2.24, 2.45) is 5.10 Å². The van der Waals surface area contributed by atoms with Gasteiger partial charge >= 0.3 is 5.97 Å². The fourth-order valence-electron chi connectivity index (χ4n) is 1.88. The summed E-state index contributed by atoms with van der Waals surface area (Å²) in [5.41, 5.74) is 4.71. The number of ether oxygens (including phenoxy) is 1. The minimum absolute atomic E-state index is 0.355. The van der Waals surface area contributed by atoms with Crippen molar-refractivity contribution in [1.29, 1.82) is 0 Å². The monoisotopic (exact) mass is 327 g/mol. The molecule has 3 rings (SSSR count). The predicted octanol–water partition coefficient (Wildman–Crippen LogP) is 3.21. The van der Waals surface area contributed by atoms with Gasteiger partial charge in [0.2, 0.25) is 5.13 Å². The first-order chi connectivity index (χ1) is 11.2. The topological polar surface area (TPSA) is 83.8 Å². The Morgan fingerprint density at radius 2 is 2.04 bits per heavy atom. The zero-order valence-electron chi connectivity index (χ0n) is 12.0. The second kappa shape index (κ2) is 6.89. The Hall–Kier alpha value is -2.93. The molecule has 2 aromatic carbocycles. The quantitative estimate of drug-likeness (QED) is 0.536. The van der Waals surface area contributed by atoms with Gasteiger partial charge < -0.3 is 9.84 Å². The Bertz CT molecular complexity index is 810. The summed E-state index contributed by atoms with van der Waals surface area (Å²) in [7, 11) is 0. The van der Waals surface area contributed by atoms with Gasteiger partial charge in [0.15, 0.2) is 6.61 Å². The van der Waals surface area contributed by atoms with Crippen molar-refractivity contribution in [1.82, 2.24) is 4.98 Å². The molecule has 6 nitrogen and oxygen atoms in total. The number of nitrogens with zero attached hydrogens (tertiary/aromatic N) is 2. The normalized spacial score (nSPS) is 11.0. The molecule has 0 aliphatic rings. The van der Waals surface area contributed by atoms with Crippen LogP contribution in [0, 0.1) is 0 Å². The molecule has 23 heavy (non-hydrogen) atoms. The third-order valence-electron chi connectivity index (χ3n) is 2.91. The summed E-state index contributed by atoms with van der Waals surface area (Å²) in [4.78, 5) is 14.8. The Labute approximate surface area is 136 Å². The second-order valence-electron chi connectivity index (χ2n) is 4.61. The lowest BCUT2D eigenvalue weighted by atomic mass is 10.2. The first kappa shape index (κ1) is 15.0. The van der Waals surface area contributed by atoms with Crippen LogP contribution in [0.5, 0.6) is 5.75 Å². The van der Waals surface area contributed by atoms with E-state index in [-0.39, 0.29) is 6.61 Å². The number of aromatic nitrogens is 1. The van der Waals surface area contributed by atoms with Gasteiger partial charge in [0, 0.05) is 0 Å². The molecule has 0 amide bonds. The molecule has 0 saturated heterocycles. The number of anilines is 1. The van der Waals surface area contributed by atoms with E-state index in [1.807, 2.05) is 24.3 Å². The molecule has 0 unspecified atom stereocenters. The standard InChI is InChI=1S/C16H13N3O3S/c20-15(21)10-22-12-7-5-11(6-8-12)9-17-19-16-18-13-3-1-2-4-14(13)23-16/h1-9H,10H2,(H,18,19)(H,20,21)/b17-9+. The molecule has 0 aliphatic heterocycles. The van der Waals surface area contributed by atoms with E-state index in [1.165, 1.54) is 11.3 Å². The predicted molar refractivity (Wildman–Crippen MR) is 90.4 cm³/mol. The highest BCUT2D eigenvalue weighted by atomic mass is 32.1. The summed E-state index contributed by atoms with van der Waals surface area (Å²) in [6.45, 7) is -0.355. The molecule has 7 heteroatoms. The number of aliphatic carboxylic acids is 1. The van der Waals surface area contributed by atoms with E-state index >= 15 is 0 Å². The summed E-state index contributed by atoms with van der Waals surface area (Å²) in [5, 5.41) is 13.4. The van der Waals surface area contributed by atoms with E-state index in [0.29, 0.717) is 5.75 Å². The number of hydrazone groups is 1. The number of rotatable bonds is 6. The molecule has 0 spiro atoms. The molecule has 1 heterocycles. The van der Waals surface area contributed by atoms with Gasteiger partial charge in [-0.2, -0.15) is 5.10 Å². The van der Waals surface area contributed by atoms with Gasteiger partial charge in [-0.15, -0.1) is 0 Å². The Balaban J connectivity index is 1.60. The van der Waals surface area contributed by atoms with Crippen LogP contribution in [0.3, 0.4) is 0 Å². The summed E-state index contributed by atoms with van der Waals surface area (Å²) < 4.78 is 6.16. The SMILES string of the molecule is O=C(O)COc1ccc(/C=N/Nc2nc3ccccc3s2)cc1. The number of thiazole rings is 1. The van der Waals surface area contributed by atoms with Gasteiger partial charge in [0.25, 0.3) is 0 Å². The van der Waals surface area contributed by atoms with Crippen molar-refractivity contribution in [3.8, 4) is 5.75 Å². The third-order valence-corrected chi connectivity index (χ3v) is 3.85. The third kappa shape index (κ3) is 4.04. The number of carbonyl (C=O) groups is 1. The fraction of sp³-hybridized carbons (Fsp3) is 0.0625. The van der Waals surface area contributed by atoms with Gasteiger partial charge in [-0.1, -0.05) is 23.5 Å². The van der Waals surface area contributed by atoms with Gasteiger partial charge in [-0.3, -0.25) is 5.43 Å². The van der Waals surface area contributed by atoms with Crippen LogP contribution < -0.4 is 10.2 Å². The maximum atomic E-state index is 10.4. The lowest BCUT2D eigenvalue weighted by Gasteiger charge is -2.02. The van der Waals surface area contributed by atoms with Crippen molar-refractivity contribution in [3.05, 3.63) is 54.1 Å². The maximum absolute atomic E-state index is 10.4. The van der Waals surface area contributed by atoms with E-state index in [0.717, 1.165) is 20.9 Å². The summed E-state index contributed by atoms with van der Waals surface area (Å²) in [5.74, 6) is -0.501. The maximum Gasteiger partial charge on any atom is 0.341 e. The summed E-state index contributed by atoms with van der Waals surface area (Å²) >= 11 is 1.53. The number of para-hydroxylation sites is 1. The fourth-order valence-corrected chi connectivity index (χ4v) is 2.69. The van der Waals surface area contributed by atoms with E-state index in [4.69, 9.17) is 9.84 Å². The molecule has 2 N–H and O–H groups in total. The number of carboxylic acid groups (broad SMARTS) is 1. The number of hydrogen-bond acceptors (Lipinski definition) is 6. The average Bonchev–Trinajstić information content (AvgIpc) is 2.97. The van der Waals surface area contributed by atoms with Crippen molar-refractivity contribution in [2.45, 2.75) is 0 Å². The van der Waals surface area contributed by atoms with Crippen molar-refractivity contribution in [3.63, 3.8) is 0 Å². The summed E-state index contributed by atoms with van der Waals surface area (Å²) in [6.07, 6.45) is 1.66. The molecule has 1 aromatic heterocycles. The van der Waals surface area contributed by atoms with E-state index in [9.17, 15) is 4.79 Å². The summed E-state index contributed by atoms with van der Waals surface area (Å²) in [6, 6.07) is 14.9. The van der Waals surface area contributed by atoms with E-state index in [1.54, 1.807) is 30.5 Å². The van der Waals surface area contributed by atoms with Crippen LogP contribution in [0.1, 0.15) is 5.56 Å². The number of hydrogen-bond donors (Lipinski definition) is 2. The highest BCUT2D eigenvalue weighted by Crippen LogP contribution is 2.25. The van der Waals surface area contributed by atoms with Crippen molar-refractivity contribution in [2.75, 3.05) is 12.0 Å². The minimum atomic E-state index is -1.00. The van der Waals surface area contributed by atoms with Gasteiger partial charge in [-0.05, 0) is 42.0 Å². The van der Waals surface area contributed by atoms with Crippen LogP contribution in [0.25, 0.3) is 10.2 Å². The smallest absolute Gasteiger partial charge is 0.341 e. The first-order valence-corrected chi connectivity index (χ1v) is 7.62. The number of fused-ring (bicyclic) bond motifs is 1. The molecule has 0 atom stereocenters. The Morgan fingerprint density at radius 3 is 2.78 bits per heavy atom. The average molecular weight is 327 g/mol. The largest absolute Gasteiger partial charge is 0.482 e. The van der Waals surface area contributed by atoms with Crippen molar-refractivity contribution >= 4 is 38.9 Å². The Morgan fingerprint density at radius 1 is 1.26 bits per heavy atom. The van der Waals surface area contributed by atoms with Crippen LogP contribution >= 0.6 is 11.3 Å². The molecular formula is C16H13N3O3S. The molecule has 0 saturated carbocycles. The zero-order valence-corrected chi connectivity index (χ0v) is 12.8. The van der Waals surface area contributed by atoms with Gasteiger partial charge in [0.05, 0.1) is 16.4 Å². The van der Waals surface area contributed by atoms with Crippen LogP contribution in [-0.4, -0.2) is 28.9 Å². The zero-order chi connectivity index (χ0) is 16.1. The molecule has 3 aromatic rings. The Kier molecular flexibility index (Phi) is 4.49. The van der Waals surface area contributed by atoms with Gasteiger partial charge in [0.1, 0.15) is 5.75 Å². The molecule has 0 fully saturated rings. The first-order valence-electron chi connectivity index (χ1n) is 6.80. The van der Waals surface area contributed by atoms with Crippen molar-refractivity contribution < 1.29 is 14.6 Å².